The van der Waals surface area contributed by atoms with Crippen LogP contribution in [-0.4, -0.2) is 22.1 Å². The molecule has 1 atom stereocenters. The maximum Gasteiger partial charge on any atom is 0.305 e. The molecule has 2 aromatic rings. The number of carbonyl (C=O) groups excluding carboxylic acids is 1. The van der Waals surface area contributed by atoms with Crippen molar-refractivity contribution in [3.8, 4) is 0 Å². The Labute approximate surface area is 130 Å². The Bertz CT molecular complexity index is 634. The van der Waals surface area contributed by atoms with Gasteiger partial charge in [0.2, 0.25) is 0 Å². The van der Waals surface area contributed by atoms with E-state index in [1.54, 1.807) is 0 Å². The van der Waals surface area contributed by atoms with Crippen LogP contribution in [0, 0.1) is 6.92 Å². The number of alkyl halides is 1. The molecule has 5 heteroatoms. The standard InChI is InChI=1S/C16H21ClN2O2/c1-4-21-14(20)9-6-10-19-15-11(2)7-5-8-13(15)18-16(19)12(3)17/h5,7-8,12H,4,6,9-10H2,1-3H3. The van der Waals surface area contributed by atoms with E-state index >= 15 is 0 Å². The maximum atomic E-state index is 11.4. The number of aromatic nitrogens is 2. The fraction of sp³-hybridized carbons (Fsp3) is 0.500. The fourth-order valence-corrected chi connectivity index (χ4v) is 2.69. The lowest BCUT2D eigenvalue weighted by Gasteiger charge is -2.11. The lowest BCUT2D eigenvalue weighted by Crippen LogP contribution is -2.09. The van der Waals surface area contributed by atoms with Gasteiger partial charge in [0.25, 0.3) is 0 Å². The summed E-state index contributed by atoms with van der Waals surface area (Å²) in [5.74, 6) is 0.698. The summed E-state index contributed by atoms with van der Waals surface area (Å²) < 4.78 is 7.09. The van der Waals surface area contributed by atoms with Gasteiger partial charge in [-0.2, -0.15) is 0 Å². The molecule has 1 aromatic heterocycles. The molecule has 0 radical (unpaired) electrons. The van der Waals surface area contributed by atoms with E-state index in [1.807, 2.05) is 26.0 Å². The van der Waals surface area contributed by atoms with Gasteiger partial charge in [0, 0.05) is 13.0 Å². The monoisotopic (exact) mass is 308 g/mol. The number of aryl methyl sites for hydroxylation is 2. The number of hydrogen-bond acceptors (Lipinski definition) is 3. The number of esters is 1. The van der Waals surface area contributed by atoms with Crippen molar-refractivity contribution in [3.05, 3.63) is 29.6 Å². The number of carbonyl (C=O) groups is 1. The lowest BCUT2D eigenvalue weighted by molar-refractivity contribution is -0.143. The van der Waals surface area contributed by atoms with Crippen LogP contribution in [0.1, 0.15) is 43.5 Å². The molecule has 0 amide bonds. The van der Waals surface area contributed by atoms with E-state index in [4.69, 9.17) is 16.3 Å². The van der Waals surface area contributed by atoms with Crippen LogP contribution in [0.25, 0.3) is 11.0 Å². The zero-order valence-electron chi connectivity index (χ0n) is 12.7. The number of fused-ring (bicyclic) bond motifs is 1. The predicted octanol–water partition coefficient (Wildman–Crippen LogP) is 3.99. The minimum atomic E-state index is -0.167. The van der Waals surface area contributed by atoms with Crippen LogP contribution < -0.4 is 0 Å². The highest BCUT2D eigenvalue weighted by Crippen LogP contribution is 2.27. The molecule has 1 unspecified atom stereocenters. The summed E-state index contributed by atoms with van der Waals surface area (Å²) in [5.41, 5.74) is 3.22. The zero-order valence-corrected chi connectivity index (χ0v) is 13.5. The van der Waals surface area contributed by atoms with E-state index in [0.717, 1.165) is 23.3 Å². The third kappa shape index (κ3) is 3.56. The van der Waals surface area contributed by atoms with Gasteiger partial charge in [-0.25, -0.2) is 4.98 Å². The first-order valence-electron chi connectivity index (χ1n) is 7.30. The second-order valence-corrected chi connectivity index (χ2v) is 5.74. The third-order valence-corrected chi connectivity index (χ3v) is 3.62. The van der Waals surface area contributed by atoms with Gasteiger partial charge >= 0.3 is 5.97 Å². The first-order valence-corrected chi connectivity index (χ1v) is 7.73. The van der Waals surface area contributed by atoms with Crippen LogP contribution in [-0.2, 0) is 16.1 Å². The van der Waals surface area contributed by atoms with Gasteiger partial charge in [-0.15, -0.1) is 11.6 Å². The number of halogens is 1. The number of benzene rings is 1. The molecule has 114 valence electrons. The summed E-state index contributed by atoms with van der Waals surface area (Å²) in [4.78, 5) is 16.1. The summed E-state index contributed by atoms with van der Waals surface area (Å²) in [6.07, 6.45) is 1.13. The third-order valence-electron chi connectivity index (χ3n) is 3.42. The number of hydrogen-bond donors (Lipinski definition) is 0. The van der Waals surface area contributed by atoms with E-state index in [2.05, 4.69) is 22.5 Å². The molecule has 0 saturated carbocycles. The van der Waals surface area contributed by atoms with E-state index in [0.29, 0.717) is 19.6 Å². The zero-order chi connectivity index (χ0) is 15.4. The number of ether oxygens (including phenoxy) is 1. The summed E-state index contributed by atoms with van der Waals surface area (Å²) in [6, 6.07) is 6.05. The number of para-hydroxylation sites is 1. The van der Waals surface area contributed by atoms with Gasteiger partial charge in [0.1, 0.15) is 5.82 Å². The largest absolute Gasteiger partial charge is 0.466 e. The summed E-state index contributed by atoms with van der Waals surface area (Å²) >= 11 is 6.25. The van der Waals surface area contributed by atoms with Crippen LogP contribution in [0.5, 0.6) is 0 Å². The van der Waals surface area contributed by atoms with Gasteiger partial charge < -0.3 is 9.30 Å². The topological polar surface area (TPSA) is 44.1 Å². The first-order chi connectivity index (χ1) is 10.0. The van der Waals surface area contributed by atoms with Gasteiger partial charge in [-0.1, -0.05) is 12.1 Å². The maximum absolute atomic E-state index is 11.4. The van der Waals surface area contributed by atoms with Gasteiger partial charge in [0.05, 0.1) is 23.0 Å². The van der Waals surface area contributed by atoms with E-state index in [1.165, 1.54) is 5.56 Å². The second kappa shape index (κ2) is 6.94. The van der Waals surface area contributed by atoms with E-state index in [-0.39, 0.29) is 11.3 Å². The molecule has 0 aliphatic carbocycles. The summed E-state index contributed by atoms with van der Waals surface area (Å²) in [6.45, 7) is 6.94. The Morgan fingerprint density at radius 1 is 1.48 bits per heavy atom. The minimum absolute atomic E-state index is 0.154. The molecule has 0 aliphatic heterocycles. The Kier molecular flexibility index (Phi) is 5.23. The van der Waals surface area contributed by atoms with Crippen molar-refractivity contribution in [1.82, 2.24) is 9.55 Å². The normalized spacial score (nSPS) is 12.6. The molecule has 0 spiro atoms. The smallest absolute Gasteiger partial charge is 0.305 e. The molecule has 1 heterocycles. The molecule has 1 aromatic carbocycles. The Balaban J connectivity index is 2.24. The molecular weight excluding hydrogens is 288 g/mol. The van der Waals surface area contributed by atoms with Crippen molar-refractivity contribution in [2.45, 2.75) is 45.5 Å². The van der Waals surface area contributed by atoms with Gasteiger partial charge in [-0.3, -0.25) is 4.79 Å². The fourth-order valence-electron chi connectivity index (χ4n) is 2.53. The molecule has 0 saturated heterocycles. The summed E-state index contributed by atoms with van der Waals surface area (Å²) in [7, 11) is 0. The Morgan fingerprint density at radius 3 is 2.90 bits per heavy atom. The average molecular weight is 309 g/mol. The first kappa shape index (κ1) is 15.8. The van der Waals surface area contributed by atoms with Gasteiger partial charge in [-0.05, 0) is 38.8 Å². The molecule has 0 bridgehead atoms. The van der Waals surface area contributed by atoms with Crippen molar-refractivity contribution in [1.29, 1.82) is 0 Å². The molecule has 21 heavy (non-hydrogen) atoms. The highest BCUT2D eigenvalue weighted by Gasteiger charge is 2.16. The van der Waals surface area contributed by atoms with Crippen LogP contribution >= 0.6 is 11.6 Å². The van der Waals surface area contributed by atoms with Crippen molar-refractivity contribution >= 4 is 28.6 Å². The number of nitrogens with zero attached hydrogens (tertiary/aromatic N) is 2. The predicted molar refractivity (Wildman–Crippen MR) is 84.6 cm³/mol. The Hall–Kier alpha value is -1.55. The van der Waals surface area contributed by atoms with Crippen LogP contribution in [0.2, 0.25) is 0 Å². The quantitative estimate of drug-likeness (QED) is 0.598. The number of rotatable bonds is 6. The number of imidazole rings is 1. The van der Waals surface area contributed by atoms with Crippen molar-refractivity contribution in [2.24, 2.45) is 0 Å². The molecular formula is C16H21ClN2O2. The second-order valence-electron chi connectivity index (χ2n) is 5.09. The van der Waals surface area contributed by atoms with Crippen LogP contribution in [0.3, 0.4) is 0 Å². The molecule has 0 fully saturated rings. The lowest BCUT2D eigenvalue weighted by atomic mass is 10.2. The molecule has 2 rings (SSSR count). The highest BCUT2D eigenvalue weighted by molar-refractivity contribution is 6.20. The molecule has 0 N–H and O–H groups in total. The van der Waals surface area contributed by atoms with Crippen molar-refractivity contribution in [3.63, 3.8) is 0 Å². The van der Waals surface area contributed by atoms with Crippen LogP contribution in [0.4, 0.5) is 0 Å². The van der Waals surface area contributed by atoms with E-state index in [9.17, 15) is 4.79 Å². The highest BCUT2D eigenvalue weighted by atomic mass is 35.5. The SMILES string of the molecule is CCOC(=O)CCCn1c(C(C)Cl)nc2cccc(C)c21. The molecule has 4 nitrogen and oxygen atoms in total. The minimum Gasteiger partial charge on any atom is -0.466 e. The average Bonchev–Trinajstić information content (AvgIpc) is 2.79. The van der Waals surface area contributed by atoms with E-state index < -0.39 is 0 Å². The Morgan fingerprint density at radius 2 is 2.24 bits per heavy atom. The van der Waals surface area contributed by atoms with Crippen molar-refractivity contribution < 1.29 is 9.53 Å². The van der Waals surface area contributed by atoms with Crippen molar-refractivity contribution in [2.75, 3.05) is 6.61 Å². The van der Waals surface area contributed by atoms with Crippen LogP contribution in [0.15, 0.2) is 18.2 Å². The summed E-state index contributed by atoms with van der Waals surface area (Å²) in [5, 5.41) is -0.167. The van der Waals surface area contributed by atoms with Gasteiger partial charge in [0.15, 0.2) is 0 Å². The molecule has 0 aliphatic rings.